The molecule has 0 aromatic heterocycles. The lowest BCUT2D eigenvalue weighted by molar-refractivity contribution is 0.337. The Hall–Kier alpha value is -1.18. The summed E-state index contributed by atoms with van der Waals surface area (Å²) >= 11 is 0. The summed E-state index contributed by atoms with van der Waals surface area (Å²) in [5.41, 5.74) is -0.359. The molecule has 1 aromatic rings. The first-order valence-electron chi connectivity index (χ1n) is 6.50. The molecule has 0 saturated heterocycles. The molecule has 0 radical (unpaired) electrons. The van der Waals surface area contributed by atoms with E-state index in [0.29, 0.717) is 5.56 Å². The maximum absolute atomic E-state index is 12.6. The molecule has 1 aromatic carbocycles. The van der Waals surface area contributed by atoms with Crippen molar-refractivity contribution < 1.29 is 26.1 Å². The van der Waals surface area contributed by atoms with Gasteiger partial charge in [-0.15, -0.1) is 5.46 Å². The Morgan fingerprint density at radius 1 is 1.19 bits per heavy atom. The summed E-state index contributed by atoms with van der Waals surface area (Å²) in [6, 6.07) is 3.18. The third-order valence-electron chi connectivity index (χ3n) is 3.12. The van der Waals surface area contributed by atoms with Crippen LogP contribution in [-0.2, 0) is 9.84 Å². The van der Waals surface area contributed by atoms with Crippen LogP contribution < -0.4 is 10.2 Å². The average Bonchev–Trinajstić information content (AvgIpc) is 2.28. The summed E-state index contributed by atoms with van der Waals surface area (Å²) in [6.07, 6.45) is 0. The zero-order valence-corrected chi connectivity index (χ0v) is 13.3. The second-order valence-corrected chi connectivity index (χ2v) is 8.74. The van der Waals surface area contributed by atoms with Crippen molar-refractivity contribution in [2.75, 3.05) is 12.4 Å². The molecule has 0 saturated carbocycles. The van der Waals surface area contributed by atoms with Crippen LogP contribution >= 0.6 is 0 Å². The van der Waals surface area contributed by atoms with Crippen molar-refractivity contribution in [1.82, 2.24) is 0 Å². The van der Waals surface area contributed by atoms with Crippen LogP contribution in [-0.4, -0.2) is 32.5 Å². The Morgan fingerprint density at radius 2 is 1.76 bits per heavy atom. The van der Waals surface area contributed by atoms with Crippen LogP contribution in [0.2, 0.25) is 0 Å². The van der Waals surface area contributed by atoms with E-state index in [1.54, 1.807) is 20.8 Å². The van der Waals surface area contributed by atoms with Crippen molar-refractivity contribution in [2.24, 2.45) is 0 Å². The fourth-order valence-electron chi connectivity index (χ4n) is 1.61. The third-order valence-corrected chi connectivity index (χ3v) is 5.69. The van der Waals surface area contributed by atoms with Crippen molar-refractivity contribution in [1.29, 1.82) is 0 Å². The standard InChI is InChI=1S/C13H19BF3O3S/c1-10-9-11(14(15,16)17)5-6-12(10)20-7-8-21(18,19)13(2,3)4/h5-6,9H,7-8H2,1-4H3/q-1. The van der Waals surface area contributed by atoms with Gasteiger partial charge >= 0.3 is 6.98 Å². The second-order valence-electron chi connectivity index (χ2n) is 5.88. The van der Waals surface area contributed by atoms with Gasteiger partial charge in [0.25, 0.3) is 0 Å². The highest BCUT2D eigenvalue weighted by atomic mass is 32.2. The predicted molar refractivity (Wildman–Crippen MR) is 78.9 cm³/mol. The summed E-state index contributed by atoms with van der Waals surface area (Å²) in [5.74, 6) is 0.0869. The van der Waals surface area contributed by atoms with Crippen LogP contribution in [0, 0.1) is 6.92 Å². The highest BCUT2D eigenvalue weighted by Gasteiger charge is 2.29. The van der Waals surface area contributed by atoms with Crippen molar-refractivity contribution in [2.45, 2.75) is 32.4 Å². The molecular weight excluding hydrogens is 304 g/mol. The van der Waals surface area contributed by atoms with E-state index in [9.17, 15) is 21.4 Å². The van der Waals surface area contributed by atoms with Crippen molar-refractivity contribution in [3.05, 3.63) is 23.8 Å². The Balaban J connectivity index is 2.74. The van der Waals surface area contributed by atoms with Gasteiger partial charge in [0, 0.05) is 0 Å². The maximum atomic E-state index is 12.6. The van der Waals surface area contributed by atoms with Crippen molar-refractivity contribution >= 4 is 22.3 Å². The van der Waals surface area contributed by atoms with E-state index in [0.717, 1.165) is 12.1 Å². The minimum absolute atomic E-state index is 0.0864. The van der Waals surface area contributed by atoms with E-state index in [4.69, 9.17) is 4.74 Å². The topological polar surface area (TPSA) is 43.4 Å². The summed E-state index contributed by atoms with van der Waals surface area (Å²) in [5, 5.41) is 0. The minimum Gasteiger partial charge on any atom is -0.492 e. The lowest BCUT2D eigenvalue weighted by atomic mass is 9.79. The molecule has 0 aliphatic carbocycles. The number of hydrogen-bond acceptors (Lipinski definition) is 3. The summed E-state index contributed by atoms with van der Waals surface area (Å²) in [7, 11) is -3.31. The number of sulfone groups is 1. The molecule has 8 heteroatoms. The average molecular weight is 323 g/mol. The van der Waals surface area contributed by atoms with Gasteiger partial charge in [-0.3, -0.25) is 0 Å². The quantitative estimate of drug-likeness (QED) is 0.783. The molecule has 1 rings (SSSR count). The van der Waals surface area contributed by atoms with E-state index in [1.165, 1.54) is 13.0 Å². The van der Waals surface area contributed by atoms with Crippen molar-refractivity contribution in [3.63, 3.8) is 0 Å². The van der Waals surface area contributed by atoms with Gasteiger partial charge in [0.2, 0.25) is 0 Å². The molecule has 21 heavy (non-hydrogen) atoms. The molecule has 0 aliphatic rings. The predicted octanol–water partition coefficient (Wildman–Crippen LogP) is 2.64. The molecule has 0 amide bonds. The van der Waals surface area contributed by atoms with Gasteiger partial charge in [0.15, 0.2) is 9.84 Å². The van der Waals surface area contributed by atoms with Crippen LogP contribution in [0.15, 0.2) is 18.2 Å². The molecule has 120 valence electrons. The van der Waals surface area contributed by atoms with Gasteiger partial charge in [-0.1, -0.05) is 12.1 Å². The van der Waals surface area contributed by atoms with Crippen LogP contribution in [0.3, 0.4) is 0 Å². The van der Waals surface area contributed by atoms with Gasteiger partial charge in [-0.25, -0.2) is 8.42 Å². The Labute approximate surface area is 123 Å². The van der Waals surface area contributed by atoms with E-state index in [-0.39, 0.29) is 18.1 Å². The Morgan fingerprint density at radius 3 is 2.19 bits per heavy atom. The molecule has 0 atom stereocenters. The van der Waals surface area contributed by atoms with Gasteiger partial charge in [0.05, 0.1) is 10.5 Å². The van der Waals surface area contributed by atoms with Gasteiger partial charge in [0.1, 0.15) is 12.4 Å². The molecule has 0 spiro atoms. The largest absolute Gasteiger partial charge is 0.509 e. The van der Waals surface area contributed by atoms with Crippen LogP contribution in [0.1, 0.15) is 26.3 Å². The van der Waals surface area contributed by atoms with Gasteiger partial charge < -0.3 is 17.7 Å². The number of aryl methyl sites for hydroxylation is 1. The number of ether oxygens (including phenoxy) is 1. The van der Waals surface area contributed by atoms with Gasteiger partial charge in [-0.05, 0) is 39.3 Å². The van der Waals surface area contributed by atoms with Crippen molar-refractivity contribution in [3.8, 4) is 5.75 Å². The number of benzene rings is 1. The number of rotatable bonds is 5. The van der Waals surface area contributed by atoms with E-state index in [1.807, 2.05) is 0 Å². The van der Waals surface area contributed by atoms with Crippen LogP contribution in [0.4, 0.5) is 12.9 Å². The molecule has 0 aliphatic heterocycles. The third kappa shape index (κ3) is 4.66. The SMILES string of the molecule is Cc1cc([B-](F)(F)F)ccc1OCCS(=O)(=O)C(C)(C)C. The fourth-order valence-corrected chi connectivity index (χ4v) is 2.52. The van der Waals surface area contributed by atoms with E-state index >= 15 is 0 Å². The summed E-state index contributed by atoms with van der Waals surface area (Å²) in [6.45, 7) is 1.14. The zero-order chi connectivity index (χ0) is 16.5. The smallest absolute Gasteiger partial charge is 0.492 e. The lowest BCUT2D eigenvalue weighted by Crippen LogP contribution is -2.34. The van der Waals surface area contributed by atoms with E-state index in [2.05, 4.69) is 0 Å². The highest BCUT2D eigenvalue weighted by Crippen LogP contribution is 2.20. The molecule has 0 N–H and O–H groups in total. The molecular formula is C13H19BF3O3S-. The second kappa shape index (κ2) is 5.91. The minimum atomic E-state index is -5.04. The Bertz CT molecular complexity index is 604. The summed E-state index contributed by atoms with van der Waals surface area (Å²) in [4.78, 5) is 0. The normalized spacial score (nSPS) is 13.3. The number of halogens is 3. The summed E-state index contributed by atoms with van der Waals surface area (Å²) < 4.78 is 65.9. The zero-order valence-electron chi connectivity index (χ0n) is 12.5. The highest BCUT2D eigenvalue weighted by molar-refractivity contribution is 7.92. The lowest BCUT2D eigenvalue weighted by Gasteiger charge is -2.20. The molecule has 0 fully saturated rings. The van der Waals surface area contributed by atoms with Crippen LogP contribution in [0.5, 0.6) is 5.75 Å². The first-order valence-corrected chi connectivity index (χ1v) is 8.15. The van der Waals surface area contributed by atoms with Crippen LogP contribution in [0.25, 0.3) is 0 Å². The Kier molecular flexibility index (Phi) is 5.03. The maximum Gasteiger partial charge on any atom is 0.509 e. The fraction of sp³-hybridized carbons (Fsp3) is 0.538. The molecule has 0 unspecified atom stereocenters. The molecule has 3 nitrogen and oxygen atoms in total. The molecule has 0 heterocycles. The number of hydrogen-bond donors (Lipinski definition) is 0. The van der Waals surface area contributed by atoms with Gasteiger partial charge in [-0.2, -0.15) is 0 Å². The molecule has 0 bridgehead atoms. The first kappa shape index (κ1) is 17.9. The first-order chi connectivity index (χ1) is 9.34. The monoisotopic (exact) mass is 323 g/mol. The van der Waals surface area contributed by atoms with E-state index < -0.39 is 27.0 Å².